The van der Waals surface area contributed by atoms with E-state index < -0.39 is 0 Å². The predicted molar refractivity (Wildman–Crippen MR) is 72.4 cm³/mol. The van der Waals surface area contributed by atoms with Gasteiger partial charge in [0.25, 0.3) is 0 Å². The minimum absolute atomic E-state index is 0.169. The first-order chi connectivity index (χ1) is 7.84. The molecule has 1 heterocycles. The topological polar surface area (TPSA) is 50.7 Å². The summed E-state index contributed by atoms with van der Waals surface area (Å²) in [5.41, 5.74) is 0.169. The predicted octanol–water partition coefficient (Wildman–Crippen LogP) is 2.05. The third-order valence-electron chi connectivity index (χ3n) is 2.80. The number of hydrogen-bond acceptors (Lipinski definition) is 5. The van der Waals surface area contributed by atoms with E-state index in [1.54, 1.807) is 18.7 Å². The molecule has 2 atom stereocenters. The van der Waals surface area contributed by atoms with Gasteiger partial charge in [-0.3, -0.25) is 4.99 Å². The molecule has 0 saturated heterocycles. The second-order valence-electron chi connectivity index (χ2n) is 5.34. The van der Waals surface area contributed by atoms with Crippen LogP contribution in [0.5, 0.6) is 0 Å². The number of carbonyl (C=O) groups is 1. The second kappa shape index (κ2) is 5.76. The van der Waals surface area contributed by atoms with E-state index in [1.807, 2.05) is 0 Å². The smallest absolute Gasteiger partial charge is 0.328 e. The third kappa shape index (κ3) is 4.22. The molecule has 0 aromatic carbocycles. The highest BCUT2D eigenvalue weighted by molar-refractivity contribution is 8.13. The van der Waals surface area contributed by atoms with Crippen LogP contribution < -0.4 is 5.32 Å². The number of methoxy groups -OCH3 is 1. The van der Waals surface area contributed by atoms with Crippen LogP contribution in [0.1, 0.15) is 34.1 Å². The van der Waals surface area contributed by atoms with Crippen molar-refractivity contribution >= 4 is 22.9 Å². The largest absolute Gasteiger partial charge is 0.467 e. The lowest BCUT2D eigenvalue weighted by atomic mass is 9.85. The van der Waals surface area contributed by atoms with Crippen LogP contribution in [-0.4, -0.2) is 36.1 Å². The van der Waals surface area contributed by atoms with E-state index in [9.17, 15) is 4.79 Å². The Morgan fingerprint density at radius 2 is 2.24 bits per heavy atom. The lowest BCUT2D eigenvalue weighted by Gasteiger charge is -2.31. The van der Waals surface area contributed by atoms with Gasteiger partial charge in [0.1, 0.15) is 6.04 Å². The van der Waals surface area contributed by atoms with Gasteiger partial charge in [-0.2, -0.15) is 0 Å². The molecule has 0 amide bonds. The van der Waals surface area contributed by atoms with Gasteiger partial charge in [-0.15, -0.1) is 0 Å². The Labute approximate surface area is 108 Å². The molecule has 1 rings (SSSR count). The Bertz CT molecular complexity index is 310. The van der Waals surface area contributed by atoms with Gasteiger partial charge in [0.05, 0.1) is 13.2 Å². The molecule has 0 aliphatic carbocycles. The molecule has 0 saturated carbocycles. The molecule has 0 aromatic heterocycles. The summed E-state index contributed by atoms with van der Waals surface area (Å²) in [6, 6.07) is -0.0268. The number of thioether (sulfide) groups is 1. The summed E-state index contributed by atoms with van der Waals surface area (Å²) < 4.78 is 4.68. The normalized spacial score (nSPS) is 22.6. The van der Waals surface area contributed by atoms with Crippen LogP contribution in [-0.2, 0) is 9.53 Å². The molecule has 4 nitrogen and oxygen atoms in total. The number of esters is 1. The molecule has 98 valence electrons. The van der Waals surface area contributed by atoms with Gasteiger partial charge < -0.3 is 10.1 Å². The third-order valence-corrected chi connectivity index (χ3v) is 3.73. The van der Waals surface area contributed by atoms with Crippen molar-refractivity contribution in [3.63, 3.8) is 0 Å². The standard InChI is InChI=1S/C12H22N2O2S/c1-8(10(15)16-5)13-11-14-9(6-7-17-11)12(2,3)4/h8-9H,6-7H2,1-5H3,(H,13,14). The highest BCUT2D eigenvalue weighted by Gasteiger charge is 2.28. The first-order valence-electron chi connectivity index (χ1n) is 5.89. The lowest BCUT2D eigenvalue weighted by Crippen LogP contribution is -2.41. The molecule has 1 N–H and O–H groups in total. The zero-order valence-electron chi connectivity index (χ0n) is 11.2. The van der Waals surface area contributed by atoms with Crippen molar-refractivity contribution in [1.29, 1.82) is 0 Å². The quantitative estimate of drug-likeness (QED) is 0.770. The van der Waals surface area contributed by atoms with E-state index >= 15 is 0 Å². The van der Waals surface area contributed by atoms with Gasteiger partial charge in [0, 0.05) is 5.75 Å². The molecule has 1 aliphatic rings. The van der Waals surface area contributed by atoms with E-state index in [-0.39, 0.29) is 17.4 Å². The number of aliphatic imine (C=N–C) groups is 1. The number of amidine groups is 1. The van der Waals surface area contributed by atoms with E-state index in [0.717, 1.165) is 17.3 Å². The Hall–Kier alpha value is -0.710. The maximum Gasteiger partial charge on any atom is 0.328 e. The molecule has 1 aliphatic heterocycles. The van der Waals surface area contributed by atoms with Gasteiger partial charge in [0.15, 0.2) is 5.17 Å². The highest BCUT2D eigenvalue weighted by atomic mass is 32.2. The SMILES string of the molecule is COC(=O)C(C)NC1=NC(C(C)(C)C)CCS1. The van der Waals surface area contributed by atoms with Crippen LogP contribution in [0.3, 0.4) is 0 Å². The zero-order valence-corrected chi connectivity index (χ0v) is 12.1. The lowest BCUT2D eigenvalue weighted by molar-refractivity contribution is -0.142. The summed E-state index contributed by atoms with van der Waals surface area (Å²) >= 11 is 1.67. The first-order valence-corrected chi connectivity index (χ1v) is 6.88. The fraction of sp³-hybridized carbons (Fsp3) is 0.833. The number of nitrogens with zero attached hydrogens (tertiary/aromatic N) is 1. The number of ether oxygens (including phenoxy) is 1. The van der Waals surface area contributed by atoms with Gasteiger partial charge in [-0.1, -0.05) is 32.5 Å². The molecular weight excluding hydrogens is 236 g/mol. The van der Waals surface area contributed by atoms with Crippen molar-refractivity contribution in [3.8, 4) is 0 Å². The fourth-order valence-electron chi connectivity index (χ4n) is 1.64. The second-order valence-corrected chi connectivity index (χ2v) is 6.43. The van der Waals surface area contributed by atoms with Crippen molar-refractivity contribution in [2.75, 3.05) is 12.9 Å². The fourth-order valence-corrected chi connectivity index (χ4v) is 2.63. The molecule has 5 heteroatoms. The van der Waals surface area contributed by atoms with Gasteiger partial charge >= 0.3 is 5.97 Å². The van der Waals surface area contributed by atoms with Gasteiger partial charge in [0.2, 0.25) is 0 Å². The van der Waals surface area contributed by atoms with E-state index in [4.69, 9.17) is 0 Å². The minimum Gasteiger partial charge on any atom is -0.467 e. The molecule has 0 bridgehead atoms. The maximum absolute atomic E-state index is 11.3. The monoisotopic (exact) mass is 258 g/mol. The number of nitrogens with one attached hydrogen (secondary N) is 1. The van der Waals surface area contributed by atoms with E-state index in [0.29, 0.717) is 6.04 Å². The molecule has 2 unspecified atom stereocenters. The molecule has 0 aromatic rings. The van der Waals surface area contributed by atoms with Crippen LogP contribution in [0, 0.1) is 5.41 Å². The molecule has 17 heavy (non-hydrogen) atoms. The average molecular weight is 258 g/mol. The number of hydrogen-bond donors (Lipinski definition) is 1. The van der Waals surface area contributed by atoms with Crippen molar-refractivity contribution in [1.82, 2.24) is 5.32 Å². The van der Waals surface area contributed by atoms with Crippen LogP contribution in [0.25, 0.3) is 0 Å². The summed E-state index contributed by atoms with van der Waals surface area (Å²) in [7, 11) is 1.40. The molecule has 0 radical (unpaired) electrons. The van der Waals surface area contributed by atoms with Crippen molar-refractivity contribution < 1.29 is 9.53 Å². The summed E-state index contributed by atoms with van der Waals surface area (Å²) in [4.78, 5) is 16.0. The Kier molecular flexibility index (Phi) is 4.86. The van der Waals surface area contributed by atoms with Crippen molar-refractivity contribution in [2.45, 2.75) is 46.2 Å². The highest BCUT2D eigenvalue weighted by Crippen LogP contribution is 2.30. The van der Waals surface area contributed by atoms with E-state index in [1.165, 1.54) is 7.11 Å². The number of rotatable bonds is 2. The Balaban J connectivity index is 2.65. The zero-order chi connectivity index (χ0) is 13.1. The average Bonchev–Trinajstić information content (AvgIpc) is 2.27. The van der Waals surface area contributed by atoms with Crippen LogP contribution >= 0.6 is 11.8 Å². The van der Waals surface area contributed by atoms with Crippen LogP contribution in [0.4, 0.5) is 0 Å². The maximum atomic E-state index is 11.3. The molecule has 0 fully saturated rings. The first kappa shape index (κ1) is 14.4. The summed E-state index contributed by atoms with van der Waals surface area (Å²) in [5, 5.41) is 3.97. The minimum atomic E-state index is -0.343. The number of carbonyl (C=O) groups excluding carboxylic acids is 1. The van der Waals surface area contributed by atoms with Gasteiger partial charge in [-0.25, -0.2) is 4.79 Å². The summed E-state index contributed by atoms with van der Waals surface area (Å²) in [6.45, 7) is 8.37. The Morgan fingerprint density at radius 1 is 1.59 bits per heavy atom. The van der Waals surface area contributed by atoms with Gasteiger partial charge in [-0.05, 0) is 18.8 Å². The van der Waals surface area contributed by atoms with Crippen molar-refractivity contribution in [2.24, 2.45) is 10.4 Å². The molecule has 0 spiro atoms. The molecular formula is C12H22N2O2S. The van der Waals surface area contributed by atoms with Crippen LogP contribution in [0.2, 0.25) is 0 Å². The summed E-state index contributed by atoms with van der Waals surface area (Å²) in [6.07, 6.45) is 1.09. The Morgan fingerprint density at radius 3 is 2.76 bits per heavy atom. The van der Waals surface area contributed by atoms with Crippen molar-refractivity contribution in [3.05, 3.63) is 0 Å². The summed E-state index contributed by atoms with van der Waals surface area (Å²) in [5.74, 6) is 0.785. The van der Waals surface area contributed by atoms with E-state index in [2.05, 4.69) is 35.8 Å². The van der Waals surface area contributed by atoms with Crippen LogP contribution in [0.15, 0.2) is 4.99 Å².